The number of methoxy groups -OCH3 is 1. The van der Waals surface area contributed by atoms with E-state index in [-0.39, 0.29) is 17.5 Å². The van der Waals surface area contributed by atoms with Crippen molar-refractivity contribution >= 4 is 40.6 Å². The molecule has 1 aliphatic rings. The number of halogens is 1. The fraction of sp³-hybridized carbons (Fsp3) is 0.150. The van der Waals surface area contributed by atoms with Crippen molar-refractivity contribution in [1.82, 2.24) is 4.90 Å². The van der Waals surface area contributed by atoms with E-state index in [1.165, 1.54) is 48.0 Å². The van der Waals surface area contributed by atoms with E-state index in [0.29, 0.717) is 27.1 Å². The van der Waals surface area contributed by atoms with Crippen LogP contribution in [0.15, 0.2) is 52.4 Å². The first-order chi connectivity index (χ1) is 13.9. The van der Waals surface area contributed by atoms with Crippen molar-refractivity contribution in [3.63, 3.8) is 0 Å². The van der Waals surface area contributed by atoms with Gasteiger partial charge < -0.3 is 14.6 Å². The second-order valence-electron chi connectivity index (χ2n) is 5.94. The molecule has 2 aromatic carbocycles. The van der Waals surface area contributed by atoms with Crippen LogP contribution in [0, 0.1) is 5.82 Å². The molecule has 0 spiro atoms. The number of likely N-dealkylation sites (N-methyl/N-ethyl adjacent to an activating group) is 1. The van der Waals surface area contributed by atoms with Crippen molar-refractivity contribution in [3.8, 4) is 11.5 Å². The van der Waals surface area contributed by atoms with Crippen LogP contribution < -0.4 is 9.47 Å². The second-order valence-corrected chi connectivity index (χ2v) is 6.95. The number of ether oxygens (including phenoxy) is 2. The summed E-state index contributed by atoms with van der Waals surface area (Å²) in [5.41, 5.74) is 1.22. The fourth-order valence-corrected chi connectivity index (χ4v) is 3.45. The molecule has 0 atom stereocenters. The molecule has 0 aromatic heterocycles. The summed E-state index contributed by atoms with van der Waals surface area (Å²) in [6.07, 6.45) is 1.68. The highest BCUT2D eigenvalue weighted by Crippen LogP contribution is 2.35. The van der Waals surface area contributed by atoms with Crippen LogP contribution in [0.5, 0.6) is 11.5 Å². The van der Waals surface area contributed by atoms with Crippen molar-refractivity contribution in [2.75, 3.05) is 20.8 Å². The number of thioether (sulfide) groups is 1. The van der Waals surface area contributed by atoms with Gasteiger partial charge in [0.15, 0.2) is 23.3 Å². The van der Waals surface area contributed by atoms with E-state index < -0.39 is 12.6 Å². The van der Waals surface area contributed by atoms with Gasteiger partial charge in [-0.05, 0) is 59.8 Å². The Hall–Kier alpha value is -3.33. The smallest absolute Gasteiger partial charge is 0.341 e. The summed E-state index contributed by atoms with van der Waals surface area (Å²) in [5.74, 6) is -1.03. The third-order valence-corrected chi connectivity index (χ3v) is 4.95. The lowest BCUT2D eigenvalue weighted by Gasteiger charge is -2.09. The predicted molar refractivity (Wildman–Crippen MR) is 108 cm³/mol. The Labute approximate surface area is 170 Å². The number of nitrogens with zero attached hydrogens (tertiary/aromatic N) is 2. The van der Waals surface area contributed by atoms with Gasteiger partial charge >= 0.3 is 5.97 Å². The van der Waals surface area contributed by atoms with Crippen molar-refractivity contribution in [2.24, 2.45) is 4.99 Å². The molecule has 2 aromatic rings. The molecule has 0 unspecified atom stereocenters. The third-order valence-electron chi connectivity index (χ3n) is 3.89. The van der Waals surface area contributed by atoms with Crippen LogP contribution in [0.25, 0.3) is 6.08 Å². The lowest BCUT2D eigenvalue weighted by atomic mass is 10.2. The van der Waals surface area contributed by atoms with E-state index in [4.69, 9.17) is 14.6 Å². The quantitative estimate of drug-likeness (QED) is 0.725. The Morgan fingerprint density at radius 3 is 2.62 bits per heavy atom. The molecule has 9 heteroatoms. The number of carbonyl (C=O) groups excluding carboxylic acids is 1. The number of rotatable bonds is 6. The van der Waals surface area contributed by atoms with Crippen LogP contribution in [0.2, 0.25) is 0 Å². The molecule has 1 aliphatic heterocycles. The van der Waals surface area contributed by atoms with Crippen molar-refractivity contribution in [1.29, 1.82) is 0 Å². The minimum Gasteiger partial charge on any atom is -0.493 e. The largest absolute Gasteiger partial charge is 0.493 e. The highest BCUT2D eigenvalue weighted by Gasteiger charge is 2.30. The number of amidine groups is 1. The Morgan fingerprint density at radius 2 is 1.97 bits per heavy atom. The average Bonchev–Trinajstić information content (AvgIpc) is 2.96. The molecule has 0 saturated carbocycles. The van der Waals surface area contributed by atoms with Crippen LogP contribution >= 0.6 is 11.8 Å². The van der Waals surface area contributed by atoms with Gasteiger partial charge in [-0.15, -0.1) is 0 Å². The van der Waals surface area contributed by atoms with Gasteiger partial charge in [-0.2, -0.15) is 0 Å². The minimum absolute atomic E-state index is 0.221. The Bertz CT molecular complexity index is 1000. The molecule has 0 aliphatic carbocycles. The molecular weight excluding hydrogens is 399 g/mol. The van der Waals surface area contributed by atoms with Crippen LogP contribution in [0.3, 0.4) is 0 Å². The van der Waals surface area contributed by atoms with Gasteiger partial charge in [0.2, 0.25) is 0 Å². The van der Waals surface area contributed by atoms with Crippen molar-refractivity contribution < 1.29 is 28.6 Å². The first-order valence-corrected chi connectivity index (χ1v) is 9.23. The number of aliphatic imine (C=N–C) groups is 1. The van der Waals surface area contributed by atoms with E-state index >= 15 is 0 Å². The number of carboxylic acids is 1. The number of amides is 1. The zero-order valence-corrected chi connectivity index (χ0v) is 16.4. The van der Waals surface area contributed by atoms with Gasteiger partial charge in [-0.25, -0.2) is 14.2 Å². The Balaban J connectivity index is 1.83. The van der Waals surface area contributed by atoms with Gasteiger partial charge in [0.25, 0.3) is 5.91 Å². The summed E-state index contributed by atoms with van der Waals surface area (Å²) < 4.78 is 23.5. The van der Waals surface area contributed by atoms with Crippen molar-refractivity contribution in [3.05, 3.63) is 58.8 Å². The molecule has 29 heavy (non-hydrogen) atoms. The predicted octanol–water partition coefficient (Wildman–Crippen LogP) is 3.53. The first-order valence-electron chi connectivity index (χ1n) is 8.42. The first kappa shape index (κ1) is 20.4. The fourth-order valence-electron chi connectivity index (χ4n) is 2.46. The molecular formula is C20H17FN2O5S. The highest BCUT2D eigenvalue weighted by molar-refractivity contribution is 8.18. The van der Waals surface area contributed by atoms with Gasteiger partial charge in [0.1, 0.15) is 5.82 Å². The maximum Gasteiger partial charge on any atom is 0.341 e. The summed E-state index contributed by atoms with van der Waals surface area (Å²) in [5, 5.41) is 9.20. The molecule has 0 radical (unpaired) electrons. The summed E-state index contributed by atoms with van der Waals surface area (Å²) in [6.45, 7) is -0.487. The average molecular weight is 416 g/mol. The number of hydrogen-bond acceptors (Lipinski definition) is 6. The maximum atomic E-state index is 13.0. The molecule has 1 N–H and O–H groups in total. The Kier molecular flexibility index (Phi) is 6.18. The molecule has 1 saturated heterocycles. The van der Waals surface area contributed by atoms with Gasteiger partial charge in [-0.3, -0.25) is 9.69 Å². The number of benzene rings is 2. The van der Waals surface area contributed by atoms with Gasteiger partial charge in [-0.1, -0.05) is 6.07 Å². The molecule has 1 fully saturated rings. The van der Waals surface area contributed by atoms with Gasteiger partial charge in [0.05, 0.1) is 17.7 Å². The second kappa shape index (κ2) is 8.78. The van der Waals surface area contributed by atoms with E-state index in [1.807, 2.05) is 0 Å². The zero-order valence-electron chi connectivity index (χ0n) is 15.6. The van der Waals surface area contributed by atoms with E-state index in [2.05, 4.69) is 4.99 Å². The number of aliphatic carboxylic acids is 1. The van der Waals surface area contributed by atoms with Crippen LogP contribution in [-0.2, 0) is 9.59 Å². The molecule has 150 valence electrons. The topological polar surface area (TPSA) is 88.4 Å². The summed E-state index contributed by atoms with van der Waals surface area (Å²) in [7, 11) is 3.05. The molecule has 7 nitrogen and oxygen atoms in total. The van der Waals surface area contributed by atoms with Crippen LogP contribution in [0.1, 0.15) is 5.56 Å². The zero-order chi connectivity index (χ0) is 21.0. The molecule has 1 heterocycles. The number of carbonyl (C=O) groups is 2. The van der Waals surface area contributed by atoms with Crippen molar-refractivity contribution in [2.45, 2.75) is 0 Å². The summed E-state index contributed by atoms with van der Waals surface area (Å²) in [4.78, 5) is 29.5. The highest BCUT2D eigenvalue weighted by atomic mass is 32.2. The van der Waals surface area contributed by atoms with E-state index in [1.54, 1.807) is 31.3 Å². The maximum absolute atomic E-state index is 13.0. The van der Waals surface area contributed by atoms with E-state index in [9.17, 15) is 14.0 Å². The molecule has 3 rings (SSSR count). The minimum atomic E-state index is -1.10. The lowest BCUT2D eigenvalue weighted by molar-refractivity contribution is -0.139. The summed E-state index contributed by atoms with van der Waals surface area (Å²) in [6, 6.07) is 10.6. The number of carboxylic acid groups (broad SMARTS) is 1. The lowest BCUT2D eigenvalue weighted by Crippen LogP contribution is -2.23. The normalized spacial score (nSPS) is 16.5. The molecule has 1 amide bonds. The Morgan fingerprint density at radius 1 is 1.24 bits per heavy atom. The number of hydrogen-bond donors (Lipinski definition) is 1. The van der Waals surface area contributed by atoms with Gasteiger partial charge in [0, 0.05) is 7.05 Å². The third kappa shape index (κ3) is 4.94. The van der Waals surface area contributed by atoms with Crippen LogP contribution in [-0.4, -0.2) is 47.8 Å². The monoisotopic (exact) mass is 416 g/mol. The standard InChI is InChI=1S/C20H17FN2O5S/c1-23-19(26)17(29-20(23)22-14-6-4-13(21)5-7-14)10-12-3-8-15(16(9-12)27-2)28-11-18(24)25/h3-10H,11H2,1-2H3,(H,24,25)/b17-10+,22-20?. The molecule has 0 bridgehead atoms. The van der Waals surface area contributed by atoms with Crippen LogP contribution in [0.4, 0.5) is 10.1 Å². The SMILES string of the molecule is COc1cc(/C=C2/SC(=Nc3ccc(F)cc3)N(C)C2=O)ccc1OCC(=O)O. The summed E-state index contributed by atoms with van der Waals surface area (Å²) >= 11 is 1.20. The van der Waals surface area contributed by atoms with E-state index in [0.717, 1.165) is 0 Å².